The predicted molar refractivity (Wildman–Crippen MR) is 237 cm³/mol. The van der Waals surface area contributed by atoms with Crippen molar-refractivity contribution in [3.8, 4) is 33.4 Å². The van der Waals surface area contributed by atoms with Crippen LogP contribution >= 0.6 is 11.3 Å². The normalized spacial score (nSPS) is 13.1. The lowest BCUT2D eigenvalue weighted by atomic mass is 9.79. The van der Waals surface area contributed by atoms with Crippen LogP contribution in [0.2, 0.25) is 0 Å². The van der Waals surface area contributed by atoms with Gasteiger partial charge in [-0.2, -0.15) is 0 Å². The van der Waals surface area contributed by atoms with Gasteiger partial charge in [-0.15, -0.1) is 11.3 Å². The first-order chi connectivity index (χ1) is 27.1. The molecule has 55 heavy (non-hydrogen) atoms. The molecule has 0 aliphatic heterocycles. The van der Waals surface area contributed by atoms with Crippen LogP contribution in [0, 0.1) is 0 Å². The fraction of sp³-hybridized carbons (Fsp3) is 0.0566. The van der Waals surface area contributed by atoms with Crippen LogP contribution in [0.4, 0.5) is 17.1 Å². The fourth-order valence-electron chi connectivity index (χ4n) is 9.33. The number of fused-ring (bicyclic) bond motifs is 9. The molecule has 1 aliphatic rings. The molecule has 10 aromatic rings. The summed E-state index contributed by atoms with van der Waals surface area (Å²) < 4.78 is 2.59. The summed E-state index contributed by atoms with van der Waals surface area (Å²) in [6, 6.07) is 69.5. The van der Waals surface area contributed by atoms with Crippen LogP contribution in [0.5, 0.6) is 0 Å². The molecule has 0 spiro atoms. The van der Waals surface area contributed by atoms with E-state index in [4.69, 9.17) is 0 Å². The Balaban J connectivity index is 1.18. The van der Waals surface area contributed by atoms with Gasteiger partial charge in [-0.1, -0.05) is 166 Å². The zero-order chi connectivity index (χ0) is 36.7. The highest BCUT2D eigenvalue weighted by atomic mass is 32.1. The quantitative estimate of drug-likeness (QED) is 0.171. The van der Waals surface area contributed by atoms with E-state index in [9.17, 15) is 0 Å². The van der Waals surface area contributed by atoms with Crippen molar-refractivity contribution in [3.63, 3.8) is 0 Å². The molecule has 2 heteroatoms. The third-order valence-corrected chi connectivity index (χ3v) is 13.0. The van der Waals surface area contributed by atoms with Gasteiger partial charge in [0, 0.05) is 32.0 Å². The lowest BCUT2D eigenvalue weighted by Crippen LogP contribution is -2.15. The molecule has 1 heterocycles. The number of benzene rings is 9. The maximum Gasteiger partial charge on any atom is 0.0640 e. The molecule has 0 N–H and O–H groups in total. The van der Waals surface area contributed by atoms with Crippen molar-refractivity contribution in [1.82, 2.24) is 0 Å². The van der Waals surface area contributed by atoms with Crippen LogP contribution in [0.25, 0.3) is 75.1 Å². The van der Waals surface area contributed by atoms with Crippen LogP contribution in [-0.2, 0) is 5.41 Å². The Hall–Kier alpha value is -6.48. The third-order valence-electron chi connectivity index (χ3n) is 11.8. The standard InChI is InChI=1S/C53H37NS/c1-53(2)46-24-12-10-22-44(46)50-45(33-36-17-6-7-18-38(36)51(50)53)40-31-32-47(41-20-9-8-19-39(40)41)54(37-29-27-35(28-30-37)34-15-4-3-5-16-34)48-25-14-23-43-42-21-11-13-26-49(42)55-52(43)48/h3-33H,1-2H3. The van der Waals surface area contributed by atoms with Crippen molar-refractivity contribution in [1.29, 1.82) is 0 Å². The van der Waals surface area contributed by atoms with Crippen LogP contribution in [0.1, 0.15) is 25.0 Å². The molecule has 0 saturated carbocycles. The van der Waals surface area contributed by atoms with E-state index >= 15 is 0 Å². The molecule has 260 valence electrons. The Morgan fingerprint density at radius 3 is 1.93 bits per heavy atom. The lowest BCUT2D eigenvalue weighted by molar-refractivity contribution is 0.666. The Morgan fingerprint density at radius 2 is 1.09 bits per heavy atom. The molecule has 0 bridgehead atoms. The van der Waals surface area contributed by atoms with Gasteiger partial charge >= 0.3 is 0 Å². The van der Waals surface area contributed by atoms with E-state index in [1.807, 2.05) is 11.3 Å². The number of anilines is 3. The summed E-state index contributed by atoms with van der Waals surface area (Å²) >= 11 is 1.88. The Kier molecular flexibility index (Phi) is 7.14. The smallest absolute Gasteiger partial charge is 0.0640 e. The summed E-state index contributed by atoms with van der Waals surface area (Å²) in [5.41, 5.74) is 13.8. The molecule has 0 amide bonds. The minimum Gasteiger partial charge on any atom is -0.308 e. The Labute approximate surface area is 325 Å². The minimum atomic E-state index is -0.122. The van der Waals surface area contributed by atoms with Gasteiger partial charge in [0.2, 0.25) is 0 Å². The highest BCUT2D eigenvalue weighted by Gasteiger charge is 2.38. The summed E-state index contributed by atoms with van der Waals surface area (Å²) in [7, 11) is 0. The summed E-state index contributed by atoms with van der Waals surface area (Å²) in [6.45, 7) is 4.79. The SMILES string of the molecule is CC1(C)c2ccccc2-c2c(-c3ccc(N(c4ccc(-c5ccccc5)cc4)c4cccc5c4sc4ccccc45)c4ccccc34)cc3ccccc3c21. The zero-order valence-electron chi connectivity index (χ0n) is 30.8. The van der Waals surface area contributed by atoms with Gasteiger partial charge < -0.3 is 4.90 Å². The third kappa shape index (κ3) is 4.85. The molecule has 0 fully saturated rings. The van der Waals surface area contributed by atoms with Gasteiger partial charge in [-0.05, 0) is 97.1 Å². The van der Waals surface area contributed by atoms with Gasteiger partial charge in [0.15, 0.2) is 0 Å². The van der Waals surface area contributed by atoms with Crippen molar-refractivity contribution < 1.29 is 0 Å². The van der Waals surface area contributed by atoms with Gasteiger partial charge in [0.1, 0.15) is 0 Å². The maximum atomic E-state index is 2.49. The summed E-state index contributed by atoms with van der Waals surface area (Å²) in [4.78, 5) is 2.49. The van der Waals surface area contributed by atoms with Crippen LogP contribution < -0.4 is 4.90 Å². The van der Waals surface area contributed by atoms with Crippen molar-refractivity contribution in [3.05, 3.63) is 199 Å². The molecular formula is C53H37NS. The van der Waals surface area contributed by atoms with Gasteiger partial charge in [0.05, 0.1) is 16.1 Å². The first kappa shape index (κ1) is 32.0. The second-order valence-corrected chi connectivity index (χ2v) is 16.3. The number of hydrogen-bond acceptors (Lipinski definition) is 2. The van der Waals surface area contributed by atoms with Crippen molar-refractivity contribution in [2.24, 2.45) is 0 Å². The van der Waals surface area contributed by atoms with E-state index in [1.54, 1.807) is 0 Å². The monoisotopic (exact) mass is 719 g/mol. The largest absolute Gasteiger partial charge is 0.308 e. The van der Waals surface area contributed by atoms with Gasteiger partial charge in [0.25, 0.3) is 0 Å². The van der Waals surface area contributed by atoms with Gasteiger partial charge in [-0.3, -0.25) is 0 Å². The zero-order valence-corrected chi connectivity index (χ0v) is 31.6. The van der Waals surface area contributed by atoms with E-state index in [0.29, 0.717) is 0 Å². The van der Waals surface area contributed by atoms with Crippen molar-refractivity contribution in [2.75, 3.05) is 4.90 Å². The Bertz CT molecular complexity index is 3110. The number of thiophene rings is 1. The summed E-state index contributed by atoms with van der Waals surface area (Å²) in [5.74, 6) is 0. The molecule has 0 saturated heterocycles. The molecule has 0 atom stereocenters. The molecular weight excluding hydrogens is 683 g/mol. The molecule has 1 aliphatic carbocycles. The van der Waals surface area contributed by atoms with E-state index in [1.165, 1.54) is 91.9 Å². The first-order valence-corrected chi connectivity index (χ1v) is 19.9. The molecule has 0 unspecified atom stereocenters. The van der Waals surface area contributed by atoms with Crippen molar-refractivity contribution >= 4 is 70.1 Å². The van der Waals surface area contributed by atoms with E-state index in [2.05, 4.69) is 207 Å². The average Bonchev–Trinajstić information content (AvgIpc) is 3.74. The number of hydrogen-bond donors (Lipinski definition) is 0. The lowest BCUT2D eigenvalue weighted by Gasteiger charge is -2.28. The first-order valence-electron chi connectivity index (χ1n) is 19.1. The topological polar surface area (TPSA) is 3.24 Å². The van der Waals surface area contributed by atoms with Crippen LogP contribution in [-0.4, -0.2) is 0 Å². The minimum absolute atomic E-state index is 0.122. The van der Waals surface area contributed by atoms with Crippen molar-refractivity contribution in [2.45, 2.75) is 19.3 Å². The molecule has 1 nitrogen and oxygen atoms in total. The molecule has 1 aromatic heterocycles. The number of nitrogens with zero attached hydrogens (tertiary/aromatic N) is 1. The fourth-order valence-corrected chi connectivity index (χ4v) is 10.5. The second kappa shape index (κ2) is 12.3. The van der Waals surface area contributed by atoms with Crippen LogP contribution in [0.15, 0.2) is 188 Å². The number of rotatable bonds is 5. The second-order valence-electron chi connectivity index (χ2n) is 15.2. The molecule has 0 radical (unpaired) electrons. The van der Waals surface area contributed by atoms with Gasteiger partial charge in [-0.25, -0.2) is 0 Å². The summed E-state index contributed by atoms with van der Waals surface area (Å²) in [5, 5.41) is 7.67. The Morgan fingerprint density at radius 1 is 0.436 bits per heavy atom. The maximum absolute atomic E-state index is 2.49. The molecule has 9 aromatic carbocycles. The highest BCUT2D eigenvalue weighted by Crippen LogP contribution is 2.56. The van der Waals surface area contributed by atoms with E-state index < -0.39 is 0 Å². The van der Waals surface area contributed by atoms with Crippen LogP contribution in [0.3, 0.4) is 0 Å². The average molecular weight is 720 g/mol. The molecule has 11 rings (SSSR count). The van der Waals surface area contributed by atoms with E-state index in [0.717, 1.165) is 11.4 Å². The van der Waals surface area contributed by atoms with E-state index in [-0.39, 0.29) is 5.41 Å². The summed E-state index contributed by atoms with van der Waals surface area (Å²) in [6.07, 6.45) is 0. The highest BCUT2D eigenvalue weighted by molar-refractivity contribution is 7.26. The predicted octanol–water partition coefficient (Wildman–Crippen LogP) is 15.5.